The van der Waals surface area contributed by atoms with Crippen molar-refractivity contribution < 1.29 is 14.3 Å². The van der Waals surface area contributed by atoms with Gasteiger partial charge in [0.05, 0.1) is 0 Å². The van der Waals surface area contributed by atoms with Gasteiger partial charge in [-0.25, -0.2) is 0 Å². The topological polar surface area (TPSA) is 58.6 Å². The largest absolute Gasteiger partial charge is 0.350 e. The second-order valence-electron chi connectivity index (χ2n) is 4.20. The number of nitrogens with one attached hydrogen (secondary N) is 1. The number of hydrogen-bond donors (Lipinski definition) is 1. The summed E-state index contributed by atoms with van der Waals surface area (Å²) < 4.78 is 5.23. The summed E-state index contributed by atoms with van der Waals surface area (Å²) >= 11 is 11.7. The summed E-state index contributed by atoms with van der Waals surface area (Å²) in [5.41, 5.74) is 0.263. The van der Waals surface area contributed by atoms with Gasteiger partial charge in [0, 0.05) is 36.3 Å². The molecule has 0 saturated heterocycles. The highest BCUT2D eigenvalue weighted by Crippen LogP contribution is 2.19. The van der Waals surface area contributed by atoms with E-state index in [9.17, 15) is 9.59 Å². The molecule has 0 aliphatic carbocycles. The molecule has 1 atom stereocenters. The fraction of sp³-hybridized carbons (Fsp3) is 0.385. The van der Waals surface area contributed by atoms with E-state index >= 15 is 0 Å². The Morgan fingerprint density at radius 2 is 1.80 bits per heavy atom. The highest BCUT2D eigenvalue weighted by Gasteiger charge is 2.23. The number of likely N-dealkylation sites (N-methyl/N-ethyl adjacent to an activating group) is 1. The smallest absolute Gasteiger partial charge is 0.272 e. The molecule has 0 aliphatic rings. The molecular formula is C13H16Cl2N2O3. The van der Waals surface area contributed by atoms with Gasteiger partial charge in [-0.3, -0.25) is 9.59 Å². The number of benzene rings is 1. The quantitative estimate of drug-likeness (QED) is 0.846. The van der Waals surface area contributed by atoms with Gasteiger partial charge in [0.1, 0.15) is 0 Å². The molecule has 0 aromatic heterocycles. The fourth-order valence-corrected chi connectivity index (χ4v) is 1.99. The molecule has 20 heavy (non-hydrogen) atoms. The molecule has 1 N–H and O–H groups in total. The minimum absolute atomic E-state index is 0.263. The number of halogens is 2. The van der Waals surface area contributed by atoms with Crippen molar-refractivity contribution in [2.75, 3.05) is 20.7 Å². The van der Waals surface area contributed by atoms with Crippen molar-refractivity contribution in [2.24, 2.45) is 0 Å². The maximum absolute atomic E-state index is 12.1. The molecular weight excluding hydrogens is 303 g/mol. The summed E-state index contributed by atoms with van der Waals surface area (Å²) in [4.78, 5) is 25.3. The van der Waals surface area contributed by atoms with Crippen LogP contribution in [0.1, 0.15) is 17.3 Å². The third kappa shape index (κ3) is 4.67. The first-order valence-corrected chi connectivity index (χ1v) is 6.70. The van der Waals surface area contributed by atoms with Crippen molar-refractivity contribution >= 4 is 35.0 Å². The van der Waals surface area contributed by atoms with Crippen molar-refractivity contribution in [3.63, 3.8) is 0 Å². The Labute approximate surface area is 127 Å². The number of carbonyl (C=O) groups is 2. The first kappa shape index (κ1) is 16.8. The number of hydrogen-bond acceptors (Lipinski definition) is 3. The average Bonchev–Trinajstić information content (AvgIpc) is 2.35. The summed E-state index contributed by atoms with van der Waals surface area (Å²) in [6.45, 7) is 2.03. The summed E-state index contributed by atoms with van der Waals surface area (Å²) in [7, 11) is 3.16. The Balaban J connectivity index is 2.87. The van der Waals surface area contributed by atoms with Gasteiger partial charge < -0.3 is 15.0 Å². The summed E-state index contributed by atoms with van der Waals surface area (Å²) in [5, 5.41) is 3.18. The van der Waals surface area contributed by atoms with E-state index in [2.05, 4.69) is 5.32 Å². The zero-order chi connectivity index (χ0) is 15.3. The van der Waals surface area contributed by atoms with E-state index in [1.54, 1.807) is 21.0 Å². The van der Waals surface area contributed by atoms with Gasteiger partial charge in [0.15, 0.2) is 0 Å². The molecule has 5 nitrogen and oxygen atoms in total. The molecule has 0 saturated carbocycles. The summed E-state index contributed by atoms with van der Waals surface area (Å²) in [6.07, 6.45) is -1.04. The number of ether oxygens (including phenoxy) is 1. The van der Waals surface area contributed by atoms with Crippen molar-refractivity contribution in [1.29, 1.82) is 0 Å². The lowest BCUT2D eigenvalue weighted by molar-refractivity contribution is -0.142. The molecule has 7 heteroatoms. The Morgan fingerprint density at radius 3 is 2.25 bits per heavy atom. The van der Waals surface area contributed by atoms with Crippen molar-refractivity contribution in [2.45, 2.75) is 13.2 Å². The lowest BCUT2D eigenvalue weighted by Crippen LogP contribution is -2.47. The van der Waals surface area contributed by atoms with E-state index in [0.29, 0.717) is 16.7 Å². The summed E-state index contributed by atoms with van der Waals surface area (Å²) in [5.74, 6) is -0.837. The molecule has 2 amide bonds. The van der Waals surface area contributed by atoms with Gasteiger partial charge in [-0.15, -0.1) is 0 Å². The molecule has 0 spiro atoms. The lowest BCUT2D eigenvalue weighted by atomic mass is 10.2. The van der Waals surface area contributed by atoms with Crippen LogP contribution in [0.5, 0.6) is 0 Å². The monoisotopic (exact) mass is 318 g/mol. The molecule has 0 fully saturated rings. The molecule has 110 valence electrons. The molecule has 0 radical (unpaired) electrons. The molecule has 0 aliphatic heterocycles. The van der Waals surface area contributed by atoms with Crippen molar-refractivity contribution in [3.05, 3.63) is 33.8 Å². The number of amides is 2. The first-order valence-electron chi connectivity index (χ1n) is 5.95. The third-order valence-electron chi connectivity index (χ3n) is 2.39. The van der Waals surface area contributed by atoms with Crippen LogP contribution in [0.4, 0.5) is 0 Å². The molecule has 0 heterocycles. The zero-order valence-corrected chi connectivity index (χ0v) is 13.0. The predicted molar refractivity (Wildman–Crippen MR) is 78.0 cm³/mol. The Hall–Kier alpha value is -1.30. The van der Waals surface area contributed by atoms with Crippen molar-refractivity contribution in [1.82, 2.24) is 10.2 Å². The van der Waals surface area contributed by atoms with E-state index in [1.165, 1.54) is 23.1 Å². The van der Waals surface area contributed by atoms with Crippen LogP contribution >= 0.6 is 23.2 Å². The van der Waals surface area contributed by atoms with Gasteiger partial charge >= 0.3 is 0 Å². The molecule has 1 aromatic carbocycles. The van der Waals surface area contributed by atoms with E-state index in [1.807, 2.05) is 0 Å². The number of nitrogens with zero attached hydrogens (tertiary/aromatic N) is 1. The standard InChI is InChI=1S/C13H16Cl2N2O3/c1-4-20-12(13(19)17(2)3)16-11(18)8-5-9(14)7-10(15)6-8/h5-7,12H,4H2,1-3H3,(H,16,18). The molecule has 1 rings (SSSR count). The fourth-order valence-electron chi connectivity index (χ4n) is 1.46. The Morgan fingerprint density at radius 1 is 1.25 bits per heavy atom. The highest BCUT2D eigenvalue weighted by molar-refractivity contribution is 6.35. The van der Waals surface area contributed by atoms with Crippen LogP contribution in [-0.4, -0.2) is 43.6 Å². The predicted octanol–water partition coefficient (Wildman–Crippen LogP) is 2.17. The molecule has 0 bridgehead atoms. The van der Waals surface area contributed by atoms with Crippen LogP contribution in [0.15, 0.2) is 18.2 Å². The van der Waals surface area contributed by atoms with Gasteiger partial charge in [-0.1, -0.05) is 23.2 Å². The molecule has 1 unspecified atom stereocenters. The summed E-state index contributed by atoms with van der Waals surface area (Å²) in [6, 6.07) is 4.45. The highest BCUT2D eigenvalue weighted by atomic mass is 35.5. The Bertz CT molecular complexity index is 486. The third-order valence-corrected chi connectivity index (χ3v) is 2.82. The van der Waals surface area contributed by atoms with E-state index in [0.717, 1.165) is 0 Å². The number of carbonyl (C=O) groups excluding carboxylic acids is 2. The van der Waals surface area contributed by atoms with Crippen LogP contribution in [-0.2, 0) is 9.53 Å². The second-order valence-corrected chi connectivity index (χ2v) is 5.07. The zero-order valence-electron chi connectivity index (χ0n) is 11.4. The van der Waals surface area contributed by atoms with Crippen molar-refractivity contribution in [3.8, 4) is 0 Å². The van der Waals surface area contributed by atoms with Gasteiger partial charge in [-0.05, 0) is 25.1 Å². The van der Waals surface area contributed by atoms with Crippen LogP contribution in [0, 0.1) is 0 Å². The first-order chi connectivity index (χ1) is 9.35. The van der Waals surface area contributed by atoms with E-state index in [-0.39, 0.29) is 11.5 Å². The maximum Gasteiger partial charge on any atom is 0.272 e. The second kappa shape index (κ2) is 7.47. The minimum Gasteiger partial charge on any atom is -0.350 e. The van der Waals surface area contributed by atoms with Gasteiger partial charge in [-0.2, -0.15) is 0 Å². The normalized spacial score (nSPS) is 11.8. The Kier molecular flexibility index (Phi) is 6.26. The maximum atomic E-state index is 12.1. The van der Waals surface area contributed by atoms with Gasteiger partial charge in [0.2, 0.25) is 6.23 Å². The van der Waals surface area contributed by atoms with Crippen LogP contribution < -0.4 is 5.32 Å². The van der Waals surface area contributed by atoms with Crippen LogP contribution in [0.2, 0.25) is 10.0 Å². The van der Waals surface area contributed by atoms with Gasteiger partial charge in [0.25, 0.3) is 11.8 Å². The lowest BCUT2D eigenvalue weighted by Gasteiger charge is -2.21. The SMILES string of the molecule is CCOC(NC(=O)c1cc(Cl)cc(Cl)c1)C(=O)N(C)C. The molecule has 1 aromatic rings. The number of rotatable bonds is 5. The van der Waals surface area contributed by atoms with E-state index < -0.39 is 12.1 Å². The average molecular weight is 319 g/mol. The van der Waals surface area contributed by atoms with Crippen LogP contribution in [0.3, 0.4) is 0 Å². The van der Waals surface area contributed by atoms with E-state index in [4.69, 9.17) is 27.9 Å². The van der Waals surface area contributed by atoms with Crippen LogP contribution in [0.25, 0.3) is 0 Å². The minimum atomic E-state index is -1.04.